The van der Waals surface area contributed by atoms with Crippen molar-refractivity contribution < 1.29 is 5.11 Å². The molecule has 3 heterocycles. The smallest absolute Gasteiger partial charge is 0.122 e. The zero-order valence-corrected chi connectivity index (χ0v) is 19.5. The molecule has 2 fully saturated rings. The van der Waals surface area contributed by atoms with Gasteiger partial charge in [-0.15, -0.1) is 0 Å². The predicted octanol–water partition coefficient (Wildman–Crippen LogP) is 2.25. The van der Waals surface area contributed by atoms with Gasteiger partial charge >= 0.3 is 0 Å². The Kier molecular flexibility index (Phi) is 7.63. The number of aliphatic hydroxyl groups excluding tert-OH is 1. The molecule has 0 saturated carbocycles. The lowest BCUT2D eigenvalue weighted by Gasteiger charge is -2.36. The van der Waals surface area contributed by atoms with Gasteiger partial charge in [-0.05, 0) is 24.6 Å². The van der Waals surface area contributed by atoms with Crippen molar-refractivity contribution in [2.75, 3.05) is 39.8 Å². The van der Waals surface area contributed by atoms with Crippen molar-refractivity contribution in [2.45, 2.75) is 31.7 Å². The lowest BCUT2D eigenvalue weighted by Crippen LogP contribution is -2.49. The van der Waals surface area contributed by atoms with E-state index in [1.54, 1.807) is 12.4 Å². The second-order valence-corrected chi connectivity index (χ2v) is 9.09. The van der Waals surface area contributed by atoms with Crippen LogP contribution in [0, 0.1) is 5.92 Å². The molecule has 1 aliphatic carbocycles. The summed E-state index contributed by atoms with van der Waals surface area (Å²) in [5, 5.41) is 18.5. The first-order chi connectivity index (χ1) is 15.5. The normalized spacial score (nSPS) is 26.4. The van der Waals surface area contributed by atoms with Gasteiger partial charge in [-0.25, -0.2) is 0 Å². The predicted molar refractivity (Wildman–Crippen MR) is 129 cm³/mol. The molecule has 0 spiro atoms. The molecule has 0 bridgehead atoms. The highest BCUT2D eigenvalue weighted by Gasteiger charge is 2.31. The van der Waals surface area contributed by atoms with Gasteiger partial charge in [-0.2, -0.15) is 0 Å². The molecule has 0 amide bonds. The fraction of sp³-hybridized carbons (Fsp3) is 0.500. The number of aliphatic hydroxyl groups is 1. The Balaban J connectivity index is 1.26. The molecule has 3 N–H and O–H groups in total. The SMILES string of the molecule is CN=C(/C=C\C(C)C1NC2=CC(Cl)=CCC2N1)N1CCN(CC(O)c2cccnc2)CC1. The van der Waals surface area contributed by atoms with Crippen molar-refractivity contribution in [1.82, 2.24) is 25.4 Å². The van der Waals surface area contributed by atoms with Crippen LogP contribution in [0.1, 0.15) is 25.0 Å². The number of amidine groups is 1. The second-order valence-electron chi connectivity index (χ2n) is 8.66. The van der Waals surface area contributed by atoms with Crippen LogP contribution in [-0.2, 0) is 0 Å². The molecule has 8 heteroatoms. The van der Waals surface area contributed by atoms with E-state index in [0.717, 1.165) is 49.0 Å². The molecule has 4 atom stereocenters. The Hall–Kier alpha value is -2.19. The number of rotatable bonds is 6. The Morgan fingerprint density at radius 3 is 2.91 bits per heavy atom. The van der Waals surface area contributed by atoms with Gasteiger partial charge in [0.15, 0.2) is 0 Å². The summed E-state index contributed by atoms with van der Waals surface area (Å²) in [5.41, 5.74) is 2.04. The number of aromatic nitrogens is 1. The summed E-state index contributed by atoms with van der Waals surface area (Å²) in [6, 6.07) is 4.11. The zero-order chi connectivity index (χ0) is 22.5. The number of hydrogen-bond donors (Lipinski definition) is 3. The Morgan fingerprint density at radius 2 is 2.19 bits per heavy atom. The third-order valence-electron chi connectivity index (χ3n) is 6.42. The van der Waals surface area contributed by atoms with Crippen LogP contribution in [0.2, 0.25) is 0 Å². The minimum atomic E-state index is -0.509. The number of nitrogens with one attached hydrogen (secondary N) is 2. The standard InChI is InChI=1S/C24H33ClN6O/c1-17(24-28-20-7-6-19(25)14-21(20)29-24)5-8-23(26-2)31-12-10-30(11-13-31)16-22(32)18-4-3-9-27-15-18/h3-6,8-9,14-15,17,20,22,24,28-29,32H,7,10-13,16H2,1-2H3/b8-5-,26-23?. The fourth-order valence-corrected chi connectivity index (χ4v) is 4.65. The highest BCUT2D eigenvalue weighted by molar-refractivity contribution is 6.31. The van der Waals surface area contributed by atoms with Gasteiger partial charge in [-0.3, -0.25) is 20.2 Å². The van der Waals surface area contributed by atoms with Gasteiger partial charge in [0, 0.05) is 74.4 Å². The molecular weight excluding hydrogens is 424 g/mol. The molecule has 32 heavy (non-hydrogen) atoms. The number of nitrogens with zero attached hydrogens (tertiary/aromatic N) is 4. The number of aliphatic imine (C=N–C) groups is 1. The lowest BCUT2D eigenvalue weighted by molar-refractivity contribution is 0.0898. The van der Waals surface area contributed by atoms with E-state index in [1.165, 1.54) is 5.70 Å². The summed E-state index contributed by atoms with van der Waals surface area (Å²) >= 11 is 6.15. The van der Waals surface area contributed by atoms with E-state index < -0.39 is 6.10 Å². The van der Waals surface area contributed by atoms with E-state index in [4.69, 9.17) is 11.6 Å². The average Bonchev–Trinajstić information content (AvgIpc) is 3.24. The molecule has 0 aromatic carbocycles. The molecule has 3 aliphatic rings. The molecule has 7 nitrogen and oxygen atoms in total. The van der Waals surface area contributed by atoms with Gasteiger partial charge in [0.1, 0.15) is 5.84 Å². The number of fused-ring (bicyclic) bond motifs is 1. The molecule has 4 unspecified atom stereocenters. The summed E-state index contributed by atoms with van der Waals surface area (Å²) in [7, 11) is 1.85. The van der Waals surface area contributed by atoms with E-state index in [9.17, 15) is 5.11 Å². The van der Waals surface area contributed by atoms with Crippen LogP contribution >= 0.6 is 11.6 Å². The van der Waals surface area contributed by atoms with Crippen LogP contribution in [0.5, 0.6) is 0 Å². The van der Waals surface area contributed by atoms with Crippen molar-refractivity contribution in [3.63, 3.8) is 0 Å². The van der Waals surface area contributed by atoms with Gasteiger partial charge in [-0.1, -0.05) is 36.7 Å². The van der Waals surface area contributed by atoms with Gasteiger partial charge in [0.25, 0.3) is 0 Å². The van der Waals surface area contributed by atoms with Gasteiger partial charge in [0.05, 0.1) is 18.3 Å². The molecule has 4 rings (SSSR count). The Bertz CT molecular complexity index is 891. The van der Waals surface area contributed by atoms with Crippen LogP contribution in [-0.4, -0.2) is 77.7 Å². The molecule has 2 aliphatic heterocycles. The molecule has 1 aromatic rings. The molecule has 1 aromatic heterocycles. The minimum absolute atomic E-state index is 0.183. The second kappa shape index (κ2) is 10.6. The minimum Gasteiger partial charge on any atom is -0.387 e. The van der Waals surface area contributed by atoms with Crippen LogP contribution in [0.25, 0.3) is 0 Å². The summed E-state index contributed by atoms with van der Waals surface area (Å²) < 4.78 is 0. The number of allylic oxidation sites excluding steroid dienone is 2. The third kappa shape index (κ3) is 5.59. The molecule has 172 valence electrons. The first kappa shape index (κ1) is 23.0. The number of halogens is 1. The summed E-state index contributed by atoms with van der Waals surface area (Å²) in [4.78, 5) is 13.2. The summed E-state index contributed by atoms with van der Waals surface area (Å²) in [6.45, 7) is 6.41. The monoisotopic (exact) mass is 456 g/mol. The number of hydrogen-bond acceptors (Lipinski definition) is 6. The highest BCUT2D eigenvalue weighted by atomic mass is 35.5. The summed E-state index contributed by atoms with van der Waals surface area (Å²) in [6.07, 6.45) is 12.5. The Labute approximate surface area is 195 Å². The lowest BCUT2D eigenvalue weighted by atomic mass is 10.1. The van der Waals surface area contributed by atoms with Gasteiger partial charge < -0.3 is 15.3 Å². The van der Waals surface area contributed by atoms with Gasteiger partial charge in [0.2, 0.25) is 0 Å². The highest BCUT2D eigenvalue weighted by Crippen LogP contribution is 2.25. The van der Waals surface area contributed by atoms with Crippen molar-refractivity contribution >= 4 is 17.4 Å². The maximum absolute atomic E-state index is 10.5. The maximum atomic E-state index is 10.5. The van der Waals surface area contributed by atoms with Crippen molar-refractivity contribution in [3.05, 3.63) is 65.1 Å². The van der Waals surface area contributed by atoms with E-state index >= 15 is 0 Å². The average molecular weight is 457 g/mol. The van der Waals surface area contributed by atoms with Crippen LogP contribution in [0.3, 0.4) is 0 Å². The van der Waals surface area contributed by atoms with Crippen molar-refractivity contribution in [3.8, 4) is 0 Å². The number of β-amino-alcohol motifs (C(OH)–C–C–N with tert-alkyl or cyclic N) is 1. The van der Waals surface area contributed by atoms with Crippen molar-refractivity contribution in [1.29, 1.82) is 0 Å². The molecular formula is C24H33ClN6O. The maximum Gasteiger partial charge on any atom is 0.122 e. The van der Waals surface area contributed by atoms with Crippen molar-refractivity contribution in [2.24, 2.45) is 10.9 Å². The largest absolute Gasteiger partial charge is 0.387 e. The van der Waals surface area contributed by atoms with E-state index in [-0.39, 0.29) is 6.17 Å². The fourth-order valence-electron chi connectivity index (χ4n) is 4.44. The summed E-state index contributed by atoms with van der Waals surface area (Å²) in [5.74, 6) is 1.30. The molecule has 0 radical (unpaired) electrons. The first-order valence-electron chi connectivity index (χ1n) is 11.3. The van der Waals surface area contributed by atoms with Crippen LogP contribution in [0.15, 0.2) is 64.6 Å². The zero-order valence-electron chi connectivity index (χ0n) is 18.8. The topological polar surface area (TPSA) is 76.0 Å². The molecule has 2 saturated heterocycles. The van der Waals surface area contributed by atoms with Crippen LogP contribution in [0.4, 0.5) is 0 Å². The van der Waals surface area contributed by atoms with E-state index in [0.29, 0.717) is 18.5 Å². The third-order valence-corrected chi connectivity index (χ3v) is 6.68. The van der Waals surface area contributed by atoms with E-state index in [1.807, 2.05) is 25.3 Å². The Morgan fingerprint density at radius 1 is 1.38 bits per heavy atom. The quantitative estimate of drug-likeness (QED) is 0.450. The van der Waals surface area contributed by atoms with Crippen LogP contribution < -0.4 is 10.6 Å². The first-order valence-corrected chi connectivity index (χ1v) is 11.7. The number of pyridine rings is 1. The van der Waals surface area contributed by atoms with E-state index in [2.05, 4.69) is 55.6 Å². The number of piperazine rings is 1.